The van der Waals surface area contributed by atoms with Crippen LogP contribution in [0, 0.1) is 0 Å². The van der Waals surface area contributed by atoms with Crippen molar-refractivity contribution < 1.29 is 9.53 Å². The molecule has 1 saturated heterocycles. The number of hydrogen-bond acceptors (Lipinski definition) is 4. The topological polar surface area (TPSA) is 71.4 Å². The summed E-state index contributed by atoms with van der Waals surface area (Å²) in [4.78, 5) is 19.2. The third kappa shape index (κ3) is 5.34. The summed E-state index contributed by atoms with van der Waals surface area (Å²) in [6.45, 7) is 4.28. The zero-order valence-electron chi connectivity index (χ0n) is 20.7. The molecule has 8 heteroatoms. The van der Waals surface area contributed by atoms with Crippen LogP contribution in [0.5, 0.6) is 5.75 Å². The van der Waals surface area contributed by atoms with E-state index in [-0.39, 0.29) is 24.6 Å². The number of para-hydroxylation sites is 1. The molecule has 37 heavy (non-hydrogen) atoms. The minimum atomic E-state index is -0.224. The summed E-state index contributed by atoms with van der Waals surface area (Å²) in [6, 6.07) is 27.2. The van der Waals surface area contributed by atoms with Crippen molar-refractivity contribution in [3.8, 4) is 5.75 Å². The minimum absolute atomic E-state index is 0.0636. The fourth-order valence-electron chi connectivity index (χ4n) is 4.63. The normalized spacial score (nSPS) is 17.1. The Morgan fingerprint density at radius 3 is 2.49 bits per heavy atom. The lowest BCUT2D eigenvalue weighted by molar-refractivity contribution is -0.118. The maximum Gasteiger partial charge on any atom is 0.262 e. The molecular formula is C29H29N5O2S. The van der Waals surface area contributed by atoms with Gasteiger partial charge in [-0.15, -0.1) is 0 Å². The van der Waals surface area contributed by atoms with Gasteiger partial charge in [0.1, 0.15) is 11.8 Å². The summed E-state index contributed by atoms with van der Waals surface area (Å²) >= 11 is 5.83. The highest BCUT2D eigenvalue weighted by molar-refractivity contribution is 7.80. The molecule has 1 aliphatic heterocycles. The van der Waals surface area contributed by atoms with E-state index in [2.05, 4.69) is 57.3 Å². The van der Waals surface area contributed by atoms with Gasteiger partial charge < -0.3 is 24.8 Å². The Morgan fingerprint density at radius 1 is 1.03 bits per heavy atom. The van der Waals surface area contributed by atoms with Crippen LogP contribution in [0.3, 0.4) is 0 Å². The van der Waals surface area contributed by atoms with Crippen molar-refractivity contribution in [1.82, 2.24) is 14.9 Å². The largest absolute Gasteiger partial charge is 0.484 e. The molecule has 188 valence electrons. The molecule has 0 bridgehead atoms. The van der Waals surface area contributed by atoms with Crippen LogP contribution in [-0.2, 0) is 4.79 Å². The summed E-state index contributed by atoms with van der Waals surface area (Å²) in [6.07, 6.45) is 3.91. The van der Waals surface area contributed by atoms with Crippen LogP contribution in [0.4, 0.5) is 11.4 Å². The lowest BCUT2D eigenvalue weighted by Gasteiger charge is -2.30. The number of aromatic nitrogens is 2. The van der Waals surface area contributed by atoms with E-state index in [0.717, 1.165) is 17.1 Å². The van der Waals surface area contributed by atoms with Gasteiger partial charge in [0.15, 0.2) is 11.7 Å². The predicted octanol–water partition coefficient (Wildman–Crippen LogP) is 5.66. The van der Waals surface area contributed by atoms with Gasteiger partial charge >= 0.3 is 0 Å². The first-order chi connectivity index (χ1) is 18.0. The van der Waals surface area contributed by atoms with Crippen molar-refractivity contribution in [1.29, 1.82) is 0 Å². The number of benzene rings is 2. The van der Waals surface area contributed by atoms with Gasteiger partial charge in [0.25, 0.3) is 5.91 Å². The number of thiocarbonyl (C=S) groups is 1. The fourth-order valence-corrected chi connectivity index (χ4v) is 4.98. The Labute approximate surface area is 222 Å². The molecule has 5 rings (SSSR count). The molecule has 4 aromatic rings. The maximum absolute atomic E-state index is 12.4. The number of carbonyl (C=O) groups is 1. The van der Waals surface area contributed by atoms with E-state index in [4.69, 9.17) is 17.0 Å². The van der Waals surface area contributed by atoms with Crippen LogP contribution in [-0.4, -0.2) is 27.2 Å². The number of amides is 1. The Bertz CT molecular complexity index is 1360. The molecule has 2 aromatic heterocycles. The molecule has 1 amide bonds. The predicted molar refractivity (Wildman–Crippen MR) is 150 cm³/mol. The van der Waals surface area contributed by atoms with Gasteiger partial charge in [-0.05, 0) is 86.7 Å². The Kier molecular flexibility index (Phi) is 7.18. The van der Waals surface area contributed by atoms with Gasteiger partial charge in [-0.2, -0.15) is 0 Å². The second-order valence-corrected chi connectivity index (χ2v) is 9.51. The monoisotopic (exact) mass is 511 g/mol. The van der Waals surface area contributed by atoms with Crippen molar-refractivity contribution in [3.63, 3.8) is 0 Å². The minimum Gasteiger partial charge on any atom is -0.484 e. The lowest BCUT2D eigenvalue weighted by Crippen LogP contribution is -2.30. The molecule has 0 radical (unpaired) electrons. The zero-order valence-corrected chi connectivity index (χ0v) is 21.6. The number of hydrogen-bond donors (Lipinski definition) is 2. The van der Waals surface area contributed by atoms with E-state index in [0.29, 0.717) is 22.6 Å². The Balaban J connectivity index is 1.38. The first-order valence-electron chi connectivity index (χ1n) is 12.3. The molecule has 0 aliphatic carbocycles. The van der Waals surface area contributed by atoms with Crippen molar-refractivity contribution in [3.05, 3.63) is 109 Å². The summed E-state index contributed by atoms with van der Waals surface area (Å²) in [5.74, 6) is 0.431. The Morgan fingerprint density at radius 2 is 1.78 bits per heavy atom. The third-order valence-electron chi connectivity index (χ3n) is 6.31. The summed E-state index contributed by atoms with van der Waals surface area (Å²) in [5, 5.41) is 7.02. The number of rotatable bonds is 8. The maximum atomic E-state index is 12.4. The van der Waals surface area contributed by atoms with Gasteiger partial charge in [0.05, 0.1) is 11.7 Å². The summed E-state index contributed by atoms with van der Waals surface area (Å²) in [7, 11) is 0. The highest BCUT2D eigenvalue weighted by Gasteiger charge is 2.42. The van der Waals surface area contributed by atoms with Crippen LogP contribution < -0.4 is 20.3 Å². The van der Waals surface area contributed by atoms with Crippen molar-refractivity contribution in [2.75, 3.05) is 16.8 Å². The molecule has 0 spiro atoms. The van der Waals surface area contributed by atoms with E-state index in [9.17, 15) is 4.79 Å². The molecule has 7 nitrogen and oxygen atoms in total. The van der Waals surface area contributed by atoms with E-state index in [1.54, 1.807) is 6.20 Å². The van der Waals surface area contributed by atoms with Crippen LogP contribution in [0.2, 0.25) is 0 Å². The molecule has 1 aliphatic rings. The van der Waals surface area contributed by atoms with E-state index < -0.39 is 0 Å². The molecule has 0 saturated carbocycles. The summed E-state index contributed by atoms with van der Waals surface area (Å²) < 4.78 is 7.81. The molecule has 2 aromatic carbocycles. The van der Waals surface area contributed by atoms with Crippen LogP contribution in [0.1, 0.15) is 43.4 Å². The molecule has 0 unspecified atom stereocenters. The third-order valence-corrected chi connectivity index (χ3v) is 6.63. The quantitative estimate of drug-likeness (QED) is 0.298. The zero-order chi connectivity index (χ0) is 25.8. The second kappa shape index (κ2) is 10.8. The van der Waals surface area contributed by atoms with Crippen LogP contribution in [0.15, 0.2) is 97.3 Å². The average molecular weight is 512 g/mol. The molecular weight excluding hydrogens is 482 g/mol. The van der Waals surface area contributed by atoms with Gasteiger partial charge in [-0.25, -0.2) is 0 Å². The van der Waals surface area contributed by atoms with Crippen molar-refractivity contribution >= 4 is 34.6 Å². The molecule has 1 fully saturated rings. The fraction of sp³-hybridized carbons (Fsp3) is 0.207. The van der Waals surface area contributed by atoms with Crippen molar-refractivity contribution in [2.24, 2.45) is 0 Å². The second-order valence-electron chi connectivity index (χ2n) is 9.13. The van der Waals surface area contributed by atoms with Gasteiger partial charge in [0.2, 0.25) is 0 Å². The molecule has 2 atom stereocenters. The lowest BCUT2D eigenvalue weighted by atomic mass is 10.0. The number of nitrogens with zero attached hydrogens (tertiary/aromatic N) is 3. The summed E-state index contributed by atoms with van der Waals surface area (Å²) in [5.41, 5.74) is 3.69. The molecule has 2 N–H and O–H groups in total. The van der Waals surface area contributed by atoms with Crippen molar-refractivity contribution in [2.45, 2.75) is 32.0 Å². The number of nitrogens with one attached hydrogen (secondary N) is 2. The van der Waals surface area contributed by atoms with Crippen LogP contribution in [0.25, 0.3) is 0 Å². The first-order valence-corrected chi connectivity index (χ1v) is 12.7. The highest BCUT2D eigenvalue weighted by Crippen LogP contribution is 2.42. The van der Waals surface area contributed by atoms with E-state index in [1.165, 1.54) is 0 Å². The van der Waals surface area contributed by atoms with Gasteiger partial charge in [-0.3, -0.25) is 9.78 Å². The van der Waals surface area contributed by atoms with E-state index in [1.807, 2.05) is 72.8 Å². The Hall–Kier alpha value is -4.17. The smallest absolute Gasteiger partial charge is 0.262 e. The van der Waals surface area contributed by atoms with E-state index >= 15 is 0 Å². The number of ether oxygens (including phenoxy) is 1. The number of carbonyl (C=O) groups excluding carboxylic acids is 1. The van der Waals surface area contributed by atoms with Gasteiger partial charge in [0, 0.05) is 35.5 Å². The first kappa shape index (κ1) is 24.5. The number of pyridine rings is 1. The molecule has 3 heterocycles. The SMILES string of the molecule is CC(C)n1cccc1[C@@H]1[C@H](c2ccccn2)NC(=S)N1c1ccc(NC(=O)COc2ccccc2)cc1. The standard InChI is InChI=1S/C29H29N5O2S/c1-20(2)33-18-8-12-25(33)28-27(24-11-6-7-17-30-24)32-29(37)34(28)22-15-13-21(14-16-22)31-26(35)19-36-23-9-4-3-5-10-23/h3-18,20,27-28H,19H2,1-2H3,(H,31,35)(H,32,37)/t27-,28+/m0/s1. The average Bonchev–Trinajstić information content (AvgIpc) is 3.54. The highest BCUT2D eigenvalue weighted by atomic mass is 32.1. The van der Waals surface area contributed by atoms with Crippen LogP contribution >= 0.6 is 12.2 Å². The van der Waals surface area contributed by atoms with Gasteiger partial charge in [-0.1, -0.05) is 24.3 Å². The number of anilines is 2.